The Morgan fingerprint density at radius 1 is 1.17 bits per heavy atom. The highest BCUT2D eigenvalue weighted by molar-refractivity contribution is 6.32. The normalized spacial score (nSPS) is 11.1. The summed E-state index contributed by atoms with van der Waals surface area (Å²) in [5.74, 6) is -0.286. The third-order valence-corrected chi connectivity index (χ3v) is 3.91. The Morgan fingerprint density at radius 3 is 2.58 bits per heavy atom. The summed E-state index contributed by atoms with van der Waals surface area (Å²) >= 11 is 6.41. The average molecular weight is 343 g/mol. The quantitative estimate of drug-likeness (QED) is 0.548. The van der Waals surface area contributed by atoms with Crippen molar-refractivity contribution in [3.8, 4) is 0 Å². The summed E-state index contributed by atoms with van der Waals surface area (Å²) in [6.45, 7) is 2.48. The maximum atomic E-state index is 12.9. The third kappa shape index (κ3) is 3.81. The van der Waals surface area contributed by atoms with Gasteiger partial charge in [-0.2, -0.15) is 10.2 Å². The first-order valence-electron chi connectivity index (χ1n) is 7.45. The molecule has 6 heteroatoms. The number of benzene rings is 2. The number of rotatable bonds is 5. The Kier molecular flexibility index (Phi) is 4.91. The third-order valence-electron chi connectivity index (χ3n) is 3.52. The summed E-state index contributed by atoms with van der Waals surface area (Å²) in [4.78, 5) is 0. The topological polar surface area (TPSA) is 42.2 Å². The fourth-order valence-corrected chi connectivity index (χ4v) is 2.55. The molecule has 0 unspecified atom stereocenters. The molecule has 0 saturated heterocycles. The second-order valence-corrected chi connectivity index (χ2v) is 5.67. The van der Waals surface area contributed by atoms with Crippen LogP contribution in [0.4, 0.5) is 10.1 Å². The zero-order chi connectivity index (χ0) is 16.9. The number of aryl methyl sites for hydroxylation is 1. The first-order valence-corrected chi connectivity index (χ1v) is 7.83. The molecule has 0 amide bonds. The lowest BCUT2D eigenvalue weighted by Gasteiger charge is -2.03. The van der Waals surface area contributed by atoms with Crippen LogP contribution in [0.25, 0.3) is 0 Å². The maximum Gasteiger partial charge on any atom is 0.136 e. The van der Waals surface area contributed by atoms with E-state index in [2.05, 4.69) is 15.6 Å². The maximum absolute atomic E-state index is 12.9. The Hall–Kier alpha value is -2.66. The number of nitrogens with one attached hydrogen (secondary N) is 1. The molecule has 0 aliphatic carbocycles. The van der Waals surface area contributed by atoms with Crippen LogP contribution in [0.1, 0.15) is 16.8 Å². The molecule has 0 fully saturated rings. The van der Waals surface area contributed by atoms with Crippen LogP contribution in [-0.4, -0.2) is 16.0 Å². The first-order chi connectivity index (χ1) is 11.6. The van der Waals surface area contributed by atoms with Crippen LogP contribution in [0.5, 0.6) is 0 Å². The Labute approximate surface area is 144 Å². The van der Waals surface area contributed by atoms with Crippen molar-refractivity contribution >= 4 is 23.5 Å². The highest BCUT2D eigenvalue weighted by atomic mass is 35.5. The Morgan fingerprint density at radius 2 is 1.88 bits per heavy atom. The molecule has 1 N–H and O–H groups in total. The van der Waals surface area contributed by atoms with Gasteiger partial charge in [0.1, 0.15) is 11.0 Å². The molecule has 122 valence electrons. The molecule has 2 aromatic carbocycles. The summed E-state index contributed by atoms with van der Waals surface area (Å²) in [6.07, 6.45) is 1.62. The monoisotopic (exact) mass is 342 g/mol. The van der Waals surface area contributed by atoms with E-state index in [1.54, 1.807) is 23.0 Å². The number of nitrogens with zero attached hydrogens (tertiary/aromatic N) is 3. The SMILES string of the molecule is Cc1nn(Cc2ccccc2)c(Cl)c1/C=N\Nc1ccc(F)cc1. The van der Waals surface area contributed by atoms with E-state index in [-0.39, 0.29) is 5.82 Å². The van der Waals surface area contributed by atoms with Crippen molar-refractivity contribution in [3.63, 3.8) is 0 Å². The number of hydrazone groups is 1. The van der Waals surface area contributed by atoms with Crippen LogP contribution in [-0.2, 0) is 6.54 Å². The lowest BCUT2D eigenvalue weighted by molar-refractivity contribution is 0.628. The van der Waals surface area contributed by atoms with Gasteiger partial charge in [0, 0.05) is 0 Å². The molecule has 0 spiro atoms. The van der Waals surface area contributed by atoms with Gasteiger partial charge in [-0.25, -0.2) is 9.07 Å². The van der Waals surface area contributed by atoms with E-state index in [0.717, 1.165) is 16.8 Å². The molecular weight excluding hydrogens is 327 g/mol. The van der Waals surface area contributed by atoms with Gasteiger partial charge >= 0.3 is 0 Å². The zero-order valence-electron chi connectivity index (χ0n) is 13.1. The van der Waals surface area contributed by atoms with E-state index >= 15 is 0 Å². The summed E-state index contributed by atoms with van der Waals surface area (Å²) in [5.41, 5.74) is 6.20. The number of hydrogen-bond acceptors (Lipinski definition) is 3. The van der Waals surface area contributed by atoms with E-state index in [1.165, 1.54) is 12.1 Å². The van der Waals surface area contributed by atoms with Crippen LogP contribution < -0.4 is 5.43 Å². The molecule has 0 aliphatic rings. The van der Waals surface area contributed by atoms with Crippen LogP contribution in [0, 0.1) is 12.7 Å². The molecule has 0 aliphatic heterocycles. The largest absolute Gasteiger partial charge is 0.278 e. The van der Waals surface area contributed by atoms with E-state index in [9.17, 15) is 4.39 Å². The van der Waals surface area contributed by atoms with Crippen molar-refractivity contribution in [2.45, 2.75) is 13.5 Å². The Bertz CT molecular complexity index is 841. The molecule has 1 heterocycles. The standard InChI is InChI=1S/C18H16ClFN4/c1-13-17(11-21-22-16-9-7-15(20)8-10-16)18(19)24(23-13)12-14-5-3-2-4-6-14/h2-11,22H,12H2,1H3/b21-11-. The summed E-state index contributed by atoms with van der Waals surface area (Å²) < 4.78 is 14.6. The molecule has 4 nitrogen and oxygen atoms in total. The van der Waals surface area contributed by atoms with E-state index in [0.29, 0.717) is 17.4 Å². The van der Waals surface area contributed by atoms with Crippen LogP contribution in [0.2, 0.25) is 5.15 Å². The van der Waals surface area contributed by atoms with Crippen LogP contribution in [0.3, 0.4) is 0 Å². The lowest BCUT2D eigenvalue weighted by atomic mass is 10.2. The fourth-order valence-electron chi connectivity index (χ4n) is 2.27. The number of anilines is 1. The van der Waals surface area contributed by atoms with Crippen molar-refractivity contribution in [2.75, 3.05) is 5.43 Å². The first kappa shape index (κ1) is 16.2. The molecule has 0 bridgehead atoms. The van der Waals surface area contributed by atoms with Gasteiger partial charge in [-0.05, 0) is 36.8 Å². The van der Waals surface area contributed by atoms with Gasteiger partial charge < -0.3 is 0 Å². The minimum Gasteiger partial charge on any atom is -0.278 e. The molecule has 24 heavy (non-hydrogen) atoms. The minimum atomic E-state index is -0.286. The minimum absolute atomic E-state index is 0.286. The van der Waals surface area contributed by atoms with E-state index in [4.69, 9.17) is 11.6 Å². The van der Waals surface area contributed by atoms with Gasteiger partial charge in [0.25, 0.3) is 0 Å². The number of aromatic nitrogens is 2. The molecule has 1 aromatic heterocycles. The second kappa shape index (κ2) is 7.27. The number of halogens is 2. The zero-order valence-corrected chi connectivity index (χ0v) is 13.8. The Balaban J connectivity index is 1.74. The molecule has 3 aromatic rings. The van der Waals surface area contributed by atoms with Crippen molar-refractivity contribution < 1.29 is 4.39 Å². The van der Waals surface area contributed by atoms with Crippen LogP contribution >= 0.6 is 11.6 Å². The van der Waals surface area contributed by atoms with Gasteiger partial charge in [0.2, 0.25) is 0 Å². The molecule has 0 atom stereocenters. The summed E-state index contributed by atoms with van der Waals surface area (Å²) in [7, 11) is 0. The fraction of sp³-hybridized carbons (Fsp3) is 0.111. The molecular formula is C18H16ClFN4. The van der Waals surface area contributed by atoms with Crippen molar-refractivity contribution in [1.82, 2.24) is 9.78 Å². The predicted molar refractivity (Wildman–Crippen MR) is 95.1 cm³/mol. The van der Waals surface area contributed by atoms with Crippen molar-refractivity contribution in [3.05, 3.63) is 82.4 Å². The highest BCUT2D eigenvalue weighted by Gasteiger charge is 2.11. The van der Waals surface area contributed by atoms with E-state index in [1.807, 2.05) is 37.3 Å². The average Bonchev–Trinajstić information content (AvgIpc) is 2.85. The smallest absolute Gasteiger partial charge is 0.136 e. The van der Waals surface area contributed by atoms with Crippen molar-refractivity contribution in [1.29, 1.82) is 0 Å². The molecule has 0 saturated carbocycles. The lowest BCUT2D eigenvalue weighted by Crippen LogP contribution is -2.01. The van der Waals surface area contributed by atoms with E-state index < -0.39 is 0 Å². The highest BCUT2D eigenvalue weighted by Crippen LogP contribution is 2.19. The molecule has 3 rings (SSSR count). The predicted octanol–water partition coefficient (Wildman–Crippen LogP) is 4.48. The summed E-state index contributed by atoms with van der Waals surface area (Å²) in [5, 5.41) is 9.14. The van der Waals surface area contributed by atoms with Crippen LogP contribution in [0.15, 0.2) is 59.7 Å². The number of hydrogen-bond donors (Lipinski definition) is 1. The van der Waals surface area contributed by atoms with Gasteiger partial charge in [-0.15, -0.1) is 0 Å². The van der Waals surface area contributed by atoms with Gasteiger partial charge in [0.15, 0.2) is 0 Å². The van der Waals surface area contributed by atoms with Gasteiger partial charge in [-0.3, -0.25) is 5.43 Å². The second-order valence-electron chi connectivity index (χ2n) is 5.31. The van der Waals surface area contributed by atoms with Crippen molar-refractivity contribution in [2.24, 2.45) is 5.10 Å². The van der Waals surface area contributed by atoms with Gasteiger partial charge in [-0.1, -0.05) is 41.9 Å². The van der Waals surface area contributed by atoms with Gasteiger partial charge in [0.05, 0.1) is 29.7 Å². The molecule has 0 radical (unpaired) electrons. The summed E-state index contributed by atoms with van der Waals surface area (Å²) in [6, 6.07) is 15.9.